The van der Waals surface area contributed by atoms with Gasteiger partial charge in [0.2, 0.25) is 0 Å². The number of hydrogen-bond donors (Lipinski definition) is 10. The molecule has 0 amide bonds. The van der Waals surface area contributed by atoms with Crippen LogP contribution >= 0.6 is 0 Å². The van der Waals surface area contributed by atoms with Crippen molar-refractivity contribution >= 4 is 0 Å². The molecular weight excluding hydrogens is 416 g/mol. The molecule has 0 aromatic heterocycles. The first-order chi connectivity index (χ1) is 14.3. The van der Waals surface area contributed by atoms with Crippen LogP contribution in [0, 0.1) is 21.7 Å². The third-order valence-corrected chi connectivity index (χ3v) is 4.72. The fraction of sp³-hybridized carbons (Fsp3) is 1.00. The van der Waals surface area contributed by atoms with Gasteiger partial charge in [-0.05, 0) is 0 Å². The smallest absolute Gasteiger partial charge is 0.0564 e. The fourth-order valence-corrected chi connectivity index (χ4v) is 1.13. The van der Waals surface area contributed by atoms with E-state index < -0.39 is 21.7 Å². The molecule has 0 aromatic carbocycles. The van der Waals surface area contributed by atoms with Gasteiger partial charge in [-0.1, -0.05) is 27.7 Å². The van der Waals surface area contributed by atoms with Crippen molar-refractivity contribution in [3.05, 3.63) is 0 Å². The molecule has 0 aliphatic rings. The Labute approximate surface area is 185 Å². The lowest BCUT2D eigenvalue weighted by Gasteiger charge is -2.29. The molecule has 0 aromatic rings. The molecule has 0 saturated carbocycles. The van der Waals surface area contributed by atoms with Gasteiger partial charge in [-0.2, -0.15) is 0 Å². The highest BCUT2D eigenvalue weighted by Gasteiger charge is 2.27. The molecule has 0 saturated heterocycles. The van der Waals surface area contributed by atoms with Gasteiger partial charge in [-0.15, -0.1) is 0 Å². The highest BCUT2D eigenvalue weighted by atomic mass is 16.5. The maximum Gasteiger partial charge on any atom is 0.0564 e. The van der Waals surface area contributed by atoms with Crippen LogP contribution in [0.15, 0.2) is 0 Å². The lowest BCUT2D eigenvalue weighted by Crippen LogP contribution is -2.36. The minimum atomic E-state index is -0.708. The highest BCUT2D eigenvalue weighted by Crippen LogP contribution is 2.19. The van der Waals surface area contributed by atoms with Crippen LogP contribution in [0.5, 0.6) is 0 Å². The van der Waals surface area contributed by atoms with Gasteiger partial charge in [0.15, 0.2) is 0 Å². The molecule has 0 aliphatic heterocycles. The van der Waals surface area contributed by atoms with E-state index >= 15 is 0 Å². The second-order valence-electron chi connectivity index (χ2n) is 9.32. The van der Waals surface area contributed by atoms with E-state index in [4.69, 9.17) is 55.8 Å². The minimum absolute atomic E-state index is 0.168. The Hall–Kier alpha value is -0.440. The second-order valence-corrected chi connectivity index (χ2v) is 9.32. The monoisotopic (exact) mass is 462 g/mol. The SMILES string of the molecule is CC(CO)(CO)CO.CC(CO)(CO)CO.CC(CO)(CO)COCC(C)(CO)CO. The van der Waals surface area contributed by atoms with Gasteiger partial charge in [-0.25, -0.2) is 0 Å². The molecule has 0 rings (SSSR count). The minimum Gasteiger partial charge on any atom is -0.396 e. The van der Waals surface area contributed by atoms with Gasteiger partial charge in [-0.3, -0.25) is 0 Å². The zero-order valence-corrected chi connectivity index (χ0v) is 19.4. The molecular formula is C20H46O11. The number of ether oxygens (including phenoxy) is 1. The van der Waals surface area contributed by atoms with Gasteiger partial charge in [0.05, 0.1) is 79.3 Å². The van der Waals surface area contributed by atoms with Crippen molar-refractivity contribution in [3.8, 4) is 0 Å². The van der Waals surface area contributed by atoms with E-state index in [1.165, 1.54) is 0 Å². The topological polar surface area (TPSA) is 212 Å². The van der Waals surface area contributed by atoms with E-state index in [0.717, 1.165) is 0 Å². The van der Waals surface area contributed by atoms with Crippen molar-refractivity contribution in [2.24, 2.45) is 21.7 Å². The van der Waals surface area contributed by atoms with E-state index in [9.17, 15) is 0 Å². The molecule has 0 aliphatic carbocycles. The van der Waals surface area contributed by atoms with Crippen molar-refractivity contribution in [1.29, 1.82) is 0 Å². The lowest BCUT2D eigenvalue weighted by atomic mass is 9.93. The van der Waals surface area contributed by atoms with Crippen molar-refractivity contribution in [3.63, 3.8) is 0 Å². The van der Waals surface area contributed by atoms with Crippen LogP contribution in [0.3, 0.4) is 0 Å². The van der Waals surface area contributed by atoms with Crippen LogP contribution in [0.4, 0.5) is 0 Å². The van der Waals surface area contributed by atoms with E-state index in [0.29, 0.717) is 0 Å². The molecule has 192 valence electrons. The standard InChI is InChI=1S/C10H22O5.2C5H12O3/c1-9(3-11,4-12)7-15-8-10(2,5-13)6-14;2*1-5(2-6,3-7)4-8/h11-14H,3-8H2,1-2H3;2*6-8H,2-4H2,1H3. The van der Waals surface area contributed by atoms with Crippen LogP contribution in [0.2, 0.25) is 0 Å². The van der Waals surface area contributed by atoms with E-state index in [-0.39, 0.29) is 79.3 Å². The maximum atomic E-state index is 8.99. The van der Waals surface area contributed by atoms with Crippen LogP contribution < -0.4 is 0 Å². The van der Waals surface area contributed by atoms with Crippen LogP contribution in [-0.2, 0) is 4.74 Å². The number of aliphatic hydroxyl groups excluding tert-OH is 10. The Morgan fingerprint density at radius 3 is 0.613 bits per heavy atom. The third-order valence-electron chi connectivity index (χ3n) is 4.72. The fourth-order valence-electron chi connectivity index (χ4n) is 1.13. The van der Waals surface area contributed by atoms with Crippen LogP contribution in [0.1, 0.15) is 27.7 Å². The number of aliphatic hydroxyl groups is 10. The van der Waals surface area contributed by atoms with Gasteiger partial charge < -0.3 is 55.8 Å². The van der Waals surface area contributed by atoms with E-state index in [1.54, 1.807) is 27.7 Å². The zero-order valence-electron chi connectivity index (χ0n) is 19.4. The molecule has 0 unspecified atom stereocenters. The quantitative estimate of drug-likeness (QED) is 0.125. The van der Waals surface area contributed by atoms with Gasteiger partial charge in [0.1, 0.15) is 0 Å². The van der Waals surface area contributed by atoms with Gasteiger partial charge in [0, 0.05) is 21.7 Å². The molecule has 0 fully saturated rings. The van der Waals surface area contributed by atoms with E-state index in [2.05, 4.69) is 0 Å². The normalized spacial score (nSPS) is 12.6. The van der Waals surface area contributed by atoms with Crippen molar-refractivity contribution in [2.75, 3.05) is 79.3 Å². The lowest BCUT2D eigenvalue weighted by molar-refractivity contribution is -0.0638. The zero-order chi connectivity index (χ0) is 25.2. The van der Waals surface area contributed by atoms with E-state index in [1.807, 2.05) is 0 Å². The third kappa shape index (κ3) is 15.9. The molecule has 0 heterocycles. The first-order valence-corrected chi connectivity index (χ1v) is 9.98. The van der Waals surface area contributed by atoms with Crippen LogP contribution in [0.25, 0.3) is 0 Å². The molecule has 31 heavy (non-hydrogen) atoms. The van der Waals surface area contributed by atoms with Gasteiger partial charge in [0.25, 0.3) is 0 Å². The molecule has 0 atom stereocenters. The molecule has 10 N–H and O–H groups in total. The second kappa shape index (κ2) is 18.0. The summed E-state index contributed by atoms with van der Waals surface area (Å²) >= 11 is 0. The Morgan fingerprint density at radius 2 is 0.516 bits per heavy atom. The largest absolute Gasteiger partial charge is 0.396 e. The Morgan fingerprint density at radius 1 is 0.355 bits per heavy atom. The predicted octanol–water partition coefficient (Wildman–Crippen LogP) is -3.08. The Balaban J connectivity index is -0.000000415. The van der Waals surface area contributed by atoms with Crippen molar-refractivity contribution in [2.45, 2.75) is 27.7 Å². The summed E-state index contributed by atoms with van der Waals surface area (Å²) in [5.41, 5.74) is -2.77. The first-order valence-electron chi connectivity index (χ1n) is 9.98. The first kappa shape index (κ1) is 35.2. The van der Waals surface area contributed by atoms with Gasteiger partial charge >= 0.3 is 0 Å². The summed E-state index contributed by atoms with van der Waals surface area (Å²) in [5.74, 6) is 0. The summed E-state index contributed by atoms with van der Waals surface area (Å²) in [6.07, 6.45) is 0. The maximum absolute atomic E-state index is 8.99. The average molecular weight is 463 g/mol. The summed E-state index contributed by atoms with van der Waals surface area (Å²) in [5, 5.41) is 86.8. The molecule has 0 radical (unpaired) electrons. The summed E-state index contributed by atoms with van der Waals surface area (Å²) in [6, 6.07) is 0. The number of rotatable bonds is 14. The summed E-state index contributed by atoms with van der Waals surface area (Å²) in [7, 11) is 0. The molecule has 11 heteroatoms. The Kier molecular flexibility index (Phi) is 20.5. The molecule has 0 bridgehead atoms. The van der Waals surface area contributed by atoms with Crippen molar-refractivity contribution in [1.82, 2.24) is 0 Å². The molecule has 0 spiro atoms. The van der Waals surface area contributed by atoms with Crippen LogP contribution in [-0.4, -0.2) is 130 Å². The summed E-state index contributed by atoms with van der Waals surface area (Å²) in [4.78, 5) is 0. The number of hydrogen-bond acceptors (Lipinski definition) is 11. The molecule has 11 nitrogen and oxygen atoms in total. The summed E-state index contributed by atoms with van der Waals surface area (Å²) < 4.78 is 5.29. The van der Waals surface area contributed by atoms with Crippen molar-refractivity contribution < 1.29 is 55.8 Å². The summed E-state index contributed by atoms with van der Waals surface area (Å²) in [6.45, 7) is 5.23. The highest BCUT2D eigenvalue weighted by molar-refractivity contribution is 4.75. The average Bonchev–Trinajstić information content (AvgIpc) is 2.83. The predicted molar refractivity (Wildman–Crippen MR) is 114 cm³/mol. The Bertz CT molecular complexity index is 338.